The second kappa shape index (κ2) is 8.47. The Kier molecular flexibility index (Phi) is 5.42. The molecule has 3 aromatic heterocycles. The van der Waals surface area contributed by atoms with Gasteiger partial charge in [0.25, 0.3) is 0 Å². The lowest BCUT2D eigenvalue weighted by molar-refractivity contribution is -0.121. The molecule has 0 atom stereocenters. The normalized spacial score (nSPS) is 10.8. The highest BCUT2D eigenvalue weighted by Gasteiger charge is 2.15. The third kappa shape index (κ3) is 4.37. The van der Waals surface area contributed by atoms with E-state index in [1.165, 1.54) is 12.1 Å². The predicted octanol–water partition coefficient (Wildman–Crippen LogP) is 3.05. The third-order valence-electron chi connectivity index (χ3n) is 4.37. The smallest absolute Gasteiger partial charge is 0.222 e. The number of rotatable bonds is 7. The van der Waals surface area contributed by atoms with Crippen LogP contribution in [0.4, 0.5) is 10.2 Å². The van der Waals surface area contributed by atoms with E-state index in [9.17, 15) is 9.18 Å². The lowest BCUT2D eigenvalue weighted by Gasteiger charge is -2.09. The van der Waals surface area contributed by atoms with Gasteiger partial charge in [-0.3, -0.25) is 19.2 Å². The molecule has 146 valence electrons. The van der Waals surface area contributed by atoms with Crippen molar-refractivity contribution in [1.82, 2.24) is 24.7 Å². The average molecular weight is 390 g/mol. The number of benzene rings is 1. The number of fused-ring (bicyclic) bond motifs is 1. The minimum Gasteiger partial charge on any atom is -0.369 e. The fourth-order valence-corrected chi connectivity index (χ4v) is 2.99. The number of anilines is 1. The monoisotopic (exact) mass is 390 g/mol. The Hall–Kier alpha value is -3.81. The summed E-state index contributed by atoms with van der Waals surface area (Å²) in [5, 5.41) is 6.10. The Morgan fingerprint density at radius 1 is 1.14 bits per heavy atom. The zero-order valence-electron chi connectivity index (χ0n) is 15.5. The summed E-state index contributed by atoms with van der Waals surface area (Å²) in [6.07, 6.45) is 7.02. The first-order valence-electron chi connectivity index (χ1n) is 9.19. The first-order chi connectivity index (χ1) is 14.2. The van der Waals surface area contributed by atoms with Gasteiger partial charge in [0.1, 0.15) is 17.3 Å². The van der Waals surface area contributed by atoms with E-state index in [4.69, 9.17) is 0 Å². The van der Waals surface area contributed by atoms with Crippen molar-refractivity contribution in [2.75, 3.05) is 11.9 Å². The highest BCUT2D eigenvalue weighted by Crippen LogP contribution is 2.28. The summed E-state index contributed by atoms with van der Waals surface area (Å²) in [4.78, 5) is 25.0. The van der Waals surface area contributed by atoms with Crippen LogP contribution in [0.15, 0.2) is 67.3 Å². The molecule has 0 saturated heterocycles. The summed E-state index contributed by atoms with van der Waals surface area (Å²) in [5.41, 5.74) is 2.69. The van der Waals surface area contributed by atoms with Crippen molar-refractivity contribution in [2.45, 2.75) is 13.0 Å². The van der Waals surface area contributed by atoms with Gasteiger partial charge >= 0.3 is 0 Å². The molecular weight excluding hydrogens is 371 g/mol. The topological polar surface area (TPSA) is 84.2 Å². The van der Waals surface area contributed by atoms with Crippen molar-refractivity contribution < 1.29 is 9.18 Å². The standard InChI is InChI=1S/C21H19FN6O/c22-16-5-3-4-15(12-16)20-21(28-11-10-23-14-18(28)27-20)25-9-7-19(29)26-13-17-6-1-2-8-24-17/h1-6,8,10-12,14,25H,7,9,13H2,(H,26,29). The number of pyridine rings is 1. The maximum absolute atomic E-state index is 13.7. The maximum atomic E-state index is 13.7. The van der Waals surface area contributed by atoms with E-state index < -0.39 is 0 Å². The SMILES string of the molecule is O=C(CCNc1c(-c2cccc(F)c2)nc2cnccn12)NCc1ccccn1. The van der Waals surface area contributed by atoms with Crippen molar-refractivity contribution in [3.05, 3.63) is 78.8 Å². The van der Waals surface area contributed by atoms with Crippen LogP contribution in [-0.4, -0.2) is 31.8 Å². The molecule has 0 bridgehead atoms. The Labute approximate surface area is 166 Å². The van der Waals surface area contributed by atoms with E-state index in [1.807, 2.05) is 22.6 Å². The second-order valence-electron chi connectivity index (χ2n) is 6.40. The molecule has 0 aliphatic carbocycles. The molecular formula is C21H19FN6O. The van der Waals surface area contributed by atoms with Gasteiger partial charge in [-0.15, -0.1) is 0 Å². The minimum atomic E-state index is -0.336. The van der Waals surface area contributed by atoms with Gasteiger partial charge in [-0.1, -0.05) is 18.2 Å². The summed E-state index contributed by atoms with van der Waals surface area (Å²) in [6, 6.07) is 11.8. The lowest BCUT2D eigenvalue weighted by Crippen LogP contribution is -2.25. The number of amides is 1. The number of nitrogens with one attached hydrogen (secondary N) is 2. The molecule has 0 saturated carbocycles. The Bertz CT molecular complexity index is 1130. The highest BCUT2D eigenvalue weighted by molar-refractivity contribution is 5.78. The molecule has 29 heavy (non-hydrogen) atoms. The van der Waals surface area contributed by atoms with Crippen LogP contribution in [0.1, 0.15) is 12.1 Å². The Balaban J connectivity index is 1.46. The zero-order valence-corrected chi connectivity index (χ0v) is 15.5. The number of hydrogen-bond donors (Lipinski definition) is 2. The number of imidazole rings is 1. The van der Waals surface area contributed by atoms with E-state index in [0.29, 0.717) is 35.8 Å². The van der Waals surface area contributed by atoms with Crippen LogP contribution in [0.3, 0.4) is 0 Å². The molecule has 0 aliphatic heterocycles. The summed E-state index contributed by atoms with van der Waals surface area (Å²) >= 11 is 0. The van der Waals surface area contributed by atoms with Gasteiger partial charge in [0.15, 0.2) is 5.65 Å². The largest absolute Gasteiger partial charge is 0.369 e. The first-order valence-corrected chi connectivity index (χ1v) is 9.19. The van der Waals surface area contributed by atoms with Crippen LogP contribution in [0.5, 0.6) is 0 Å². The van der Waals surface area contributed by atoms with E-state index in [-0.39, 0.29) is 18.1 Å². The van der Waals surface area contributed by atoms with Gasteiger partial charge in [0.05, 0.1) is 18.4 Å². The molecule has 7 nitrogen and oxygen atoms in total. The molecule has 0 radical (unpaired) electrons. The van der Waals surface area contributed by atoms with Crippen molar-refractivity contribution >= 4 is 17.4 Å². The number of carbonyl (C=O) groups is 1. The van der Waals surface area contributed by atoms with E-state index >= 15 is 0 Å². The van der Waals surface area contributed by atoms with E-state index in [1.54, 1.807) is 36.9 Å². The van der Waals surface area contributed by atoms with Gasteiger partial charge in [-0.25, -0.2) is 9.37 Å². The van der Waals surface area contributed by atoms with Crippen LogP contribution >= 0.6 is 0 Å². The number of aromatic nitrogens is 4. The molecule has 3 heterocycles. The summed E-state index contributed by atoms with van der Waals surface area (Å²) in [5.74, 6) is 0.258. The summed E-state index contributed by atoms with van der Waals surface area (Å²) in [6.45, 7) is 0.780. The molecule has 0 fully saturated rings. The fraction of sp³-hybridized carbons (Fsp3) is 0.143. The van der Waals surface area contributed by atoms with E-state index in [0.717, 1.165) is 5.69 Å². The first kappa shape index (κ1) is 18.5. The Morgan fingerprint density at radius 3 is 2.90 bits per heavy atom. The molecule has 0 unspecified atom stereocenters. The number of halogens is 1. The van der Waals surface area contributed by atoms with Crippen LogP contribution in [0, 0.1) is 5.82 Å². The Morgan fingerprint density at radius 2 is 2.07 bits per heavy atom. The maximum Gasteiger partial charge on any atom is 0.222 e. The van der Waals surface area contributed by atoms with Crippen LogP contribution in [0.2, 0.25) is 0 Å². The number of carbonyl (C=O) groups excluding carboxylic acids is 1. The number of hydrogen-bond acceptors (Lipinski definition) is 5. The van der Waals surface area contributed by atoms with E-state index in [2.05, 4.69) is 25.6 Å². The van der Waals surface area contributed by atoms with Crippen LogP contribution in [0.25, 0.3) is 16.9 Å². The highest BCUT2D eigenvalue weighted by atomic mass is 19.1. The van der Waals surface area contributed by atoms with Gasteiger partial charge in [0.2, 0.25) is 5.91 Å². The molecule has 8 heteroatoms. The molecule has 4 rings (SSSR count). The van der Waals surface area contributed by atoms with Crippen LogP contribution in [-0.2, 0) is 11.3 Å². The fourth-order valence-electron chi connectivity index (χ4n) is 2.99. The molecule has 4 aromatic rings. The quantitative estimate of drug-likeness (QED) is 0.507. The van der Waals surface area contributed by atoms with Gasteiger partial charge in [0, 0.05) is 37.1 Å². The third-order valence-corrected chi connectivity index (χ3v) is 4.37. The van der Waals surface area contributed by atoms with Gasteiger partial charge in [-0.05, 0) is 24.3 Å². The van der Waals surface area contributed by atoms with Gasteiger partial charge in [-0.2, -0.15) is 0 Å². The lowest BCUT2D eigenvalue weighted by atomic mass is 10.1. The molecule has 2 N–H and O–H groups in total. The summed E-state index contributed by atoms with van der Waals surface area (Å²) < 4.78 is 15.5. The molecule has 0 spiro atoms. The second-order valence-corrected chi connectivity index (χ2v) is 6.40. The van der Waals surface area contributed by atoms with Crippen LogP contribution < -0.4 is 10.6 Å². The van der Waals surface area contributed by atoms with Crippen molar-refractivity contribution in [2.24, 2.45) is 0 Å². The predicted molar refractivity (Wildman–Crippen MR) is 108 cm³/mol. The number of nitrogens with zero attached hydrogens (tertiary/aromatic N) is 4. The van der Waals surface area contributed by atoms with Crippen molar-refractivity contribution in [3.8, 4) is 11.3 Å². The summed E-state index contributed by atoms with van der Waals surface area (Å²) in [7, 11) is 0. The minimum absolute atomic E-state index is 0.0917. The van der Waals surface area contributed by atoms with Crippen molar-refractivity contribution in [1.29, 1.82) is 0 Å². The molecule has 0 aliphatic rings. The average Bonchev–Trinajstić information content (AvgIpc) is 3.12. The molecule has 1 aromatic carbocycles. The zero-order chi connectivity index (χ0) is 20.1. The molecule has 1 amide bonds. The van der Waals surface area contributed by atoms with Crippen molar-refractivity contribution in [3.63, 3.8) is 0 Å². The van der Waals surface area contributed by atoms with Gasteiger partial charge < -0.3 is 10.6 Å².